The second-order valence-electron chi connectivity index (χ2n) is 5.24. The summed E-state index contributed by atoms with van der Waals surface area (Å²) in [7, 11) is 2.15. The third kappa shape index (κ3) is 4.50. The Labute approximate surface area is 118 Å². The third-order valence-corrected chi connectivity index (χ3v) is 3.69. The van der Waals surface area contributed by atoms with Crippen LogP contribution in [0.1, 0.15) is 51.2 Å². The number of nitrogens with zero attached hydrogens (tertiary/aromatic N) is 2. The van der Waals surface area contributed by atoms with Gasteiger partial charge in [0.2, 0.25) is 0 Å². The maximum Gasteiger partial charge on any atom is 0.131 e. The van der Waals surface area contributed by atoms with Crippen LogP contribution in [0.25, 0.3) is 0 Å². The minimum absolute atomic E-state index is 0.579. The smallest absolute Gasteiger partial charge is 0.131 e. The van der Waals surface area contributed by atoms with Gasteiger partial charge in [-0.15, -0.1) is 0 Å². The van der Waals surface area contributed by atoms with Gasteiger partial charge >= 0.3 is 0 Å². The molecule has 1 heterocycles. The van der Waals surface area contributed by atoms with Gasteiger partial charge in [0.1, 0.15) is 5.82 Å². The van der Waals surface area contributed by atoms with Gasteiger partial charge in [-0.25, -0.2) is 4.98 Å². The van der Waals surface area contributed by atoms with Crippen molar-refractivity contribution in [2.75, 3.05) is 18.5 Å². The van der Waals surface area contributed by atoms with Crippen molar-refractivity contribution in [1.29, 1.82) is 0 Å². The first-order valence-electron chi connectivity index (χ1n) is 7.53. The van der Waals surface area contributed by atoms with Crippen LogP contribution < -0.4 is 10.2 Å². The fourth-order valence-corrected chi connectivity index (χ4v) is 2.51. The van der Waals surface area contributed by atoms with Gasteiger partial charge in [-0.2, -0.15) is 0 Å². The molecule has 0 aliphatic carbocycles. The van der Waals surface area contributed by atoms with E-state index < -0.39 is 0 Å². The van der Waals surface area contributed by atoms with E-state index in [1.165, 1.54) is 17.5 Å². The Bertz CT molecular complexity index is 372. The molecule has 3 heteroatoms. The molecule has 108 valence electrons. The lowest BCUT2D eigenvalue weighted by Crippen LogP contribution is -2.31. The van der Waals surface area contributed by atoms with E-state index in [-0.39, 0.29) is 0 Å². The van der Waals surface area contributed by atoms with E-state index in [0.29, 0.717) is 6.04 Å². The average Bonchev–Trinajstić information content (AvgIpc) is 2.40. The number of nitrogens with one attached hydrogen (secondary N) is 1. The summed E-state index contributed by atoms with van der Waals surface area (Å²) in [5.41, 5.74) is 2.54. The van der Waals surface area contributed by atoms with E-state index in [2.05, 4.69) is 56.0 Å². The minimum Gasteiger partial charge on any atom is -0.357 e. The van der Waals surface area contributed by atoms with Gasteiger partial charge in [0.05, 0.1) is 0 Å². The summed E-state index contributed by atoms with van der Waals surface area (Å²) in [6.07, 6.45) is 5.49. The maximum absolute atomic E-state index is 4.66. The van der Waals surface area contributed by atoms with E-state index in [9.17, 15) is 0 Å². The highest BCUT2D eigenvalue weighted by Gasteiger charge is 2.14. The molecule has 0 spiro atoms. The quantitative estimate of drug-likeness (QED) is 0.727. The summed E-state index contributed by atoms with van der Waals surface area (Å²) in [6, 6.07) is 2.83. The van der Waals surface area contributed by atoms with Gasteiger partial charge in [0.15, 0.2) is 0 Å². The number of hydrogen-bond donors (Lipinski definition) is 1. The Morgan fingerprint density at radius 3 is 2.47 bits per heavy atom. The molecule has 0 aliphatic heterocycles. The minimum atomic E-state index is 0.579. The zero-order valence-electron chi connectivity index (χ0n) is 13.2. The van der Waals surface area contributed by atoms with Crippen LogP contribution in [-0.4, -0.2) is 24.6 Å². The first-order valence-corrected chi connectivity index (χ1v) is 7.53. The van der Waals surface area contributed by atoms with Crippen molar-refractivity contribution in [1.82, 2.24) is 10.3 Å². The average molecular weight is 263 g/mol. The third-order valence-electron chi connectivity index (χ3n) is 3.69. The maximum atomic E-state index is 4.66. The molecule has 3 nitrogen and oxygen atoms in total. The zero-order valence-corrected chi connectivity index (χ0v) is 13.2. The van der Waals surface area contributed by atoms with Crippen LogP contribution in [0.3, 0.4) is 0 Å². The van der Waals surface area contributed by atoms with Crippen molar-refractivity contribution >= 4 is 5.82 Å². The fourth-order valence-electron chi connectivity index (χ4n) is 2.51. The highest BCUT2D eigenvalue weighted by Crippen LogP contribution is 2.21. The second kappa shape index (κ2) is 8.16. The number of hydrogen-bond acceptors (Lipinski definition) is 3. The first kappa shape index (κ1) is 16.0. The lowest BCUT2D eigenvalue weighted by molar-refractivity contribution is 0.585. The topological polar surface area (TPSA) is 28.2 Å². The van der Waals surface area contributed by atoms with Crippen molar-refractivity contribution in [3.63, 3.8) is 0 Å². The number of aromatic nitrogens is 1. The van der Waals surface area contributed by atoms with E-state index in [1.54, 1.807) is 0 Å². The molecule has 0 amide bonds. The summed E-state index contributed by atoms with van der Waals surface area (Å²) in [6.45, 7) is 10.8. The highest BCUT2D eigenvalue weighted by atomic mass is 15.2. The van der Waals surface area contributed by atoms with Crippen LogP contribution in [0.15, 0.2) is 12.3 Å². The predicted molar refractivity (Wildman–Crippen MR) is 83.7 cm³/mol. The van der Waals surface area contributed by atoms with Gasteiger partial charge in [0.25, 0.3) is 0 Å². The predicted octanol–water partition coefficient (Wildman–Crippen LogP) is 3.51. The Balaban J connectivity index is 2.76. The van der Waals surface area contributed by atoms with Gasteiger partial charge in [-0.1, -0.05) is 20.8 Å². The number of aryl methyl sites for hydroxylation is 1. The largest absolute Gasteiger partial charge is 0.357 e. The van der Waals surface area contributed by atoms with Gasteiger partial charge < -0.3 is 10.2 Å². The molecular weight excluding hydrogens is 234 g/mol. The molecule has 0 saturated carbocycles. The molecule has 0 radical (unpaired) electrons. The molecule has 0 aliphatic rings. The van der Waals surface area contributed by atoms with Crippen LogP contribution in [0.4, 0.5) is 5.82 Å². The molecule has 1 aromatic rings. The Hall–Kier alpha value is -1.09. The van der Waals surface area contributed by atoms with Crippen molar-refractivity contribution in [2.45, 2.75) is 59.5 Å². The van der Waals surface area contributed by atoms with Crippen LogP contribution in [0.5, 0.6) is 0 Å². The van der Waals surface area contributed by atoms with E-state index in [1.807, 2.05) is 6.20 Å². The van der Waals surface area contributed by atoms with E-state index in [4.69, 9.17) is 0 Å². The standard InChI is InChI=1S/C16H29N3/c1-6-9-17-11-14-10-13(4)16(18-12-14)19(5)15(7-2)8-3/h10,12,15,17H,6-9,11H2,1-5H3. The van der Waals surface area contributed by atoms with E-state index >= 15 is 0 Å². The van der Waals surface area contributed by atoms with Crippen LogP contribution in [0.2, 0.25) is 0 Å². The van der Waals surface area contributed by atoms with Gasteiger partial charge in [-0.05, 0) is 49.9 Å². The first-order chi connectivity index (χ1) is 9.13. The summed E-state index contributed by atoms with van der Waals surface area (Å²) in [4.78, 5) is 6.98. The van der Waals surface area contributed by atoms with Gasteiger partial charge in [-0.3, -0.25) is 0 Å². The van der Waals surface area contributed by atoms with Crippen LogP contribution in [0, 0.1) is 6.92 Å². The molecule has 0 unspecified atom stereocenters. The SMILES string of the molecule is CCCNCc1cnc(N(C)C(CC)CC)c(C)c1. The zero-order chi connectivity index (χ0) is 14.3. The number of anilines is 1. The number of rotatable bonds is 8. The molecule has 19 heavy (non-hydrogen) atoms. The monoisotopic (exact) mass is 263 g/mol. The van der Waals surface area contributed by atoms with Crippen molar-refractivity contribution in [3.05, 3.63) is 23.4 Å². The Morgan fingerprint density at radius 2 is 1.95 bits per heavy atom. The van der Waals surface area contributed by atoms with Crippen molar-refractivity contribution in [2.24, 2.45) is 0 Å². The highest BCUT2D eigenvalue weighted by molar-refractivity contribution is 5.47. The molecule has 0 atom stereocenters. The molecular formula is C16H29N3. The molecule has 1 aromatic heterocycles. The summed E-state index contributed by atoms with van der Waals surface area (Å²) < 4.78 is 0. The normalized spacial score (nSPS) is 11.1. The molecule has 0 aromatic carbocycles. The Kier molecular flexibility index (Phi) is 6.85. The fraction of sp³-hybridized carbons (Fsp3) is 0.688. The molecule has 1 N–H and O–H groups in total. The van der Waals surface area contributed by atoms with Crippen molar-refractivity contribution in [3.8, 4) is 0 Å². The lowest BCUT2D eigenvalue weighted by atomic mass is 10.1. The molecule has 0 fully saturated rings. The molecule has 0 saturated heterocycles. The van der Waals surface area contributed by atoms with E-state index in [0.717, 1.165) is 31.7 Å². The molecule has 1 rings (SSSR count). The summed E-state index contributed by atoms with van der Waals surface area (Å²) in [5, 5.41) is 3.42. The molecule has 0 bridgehead atoms. The lowest BCUT2D eigenvalue weighted by Gasteiger charge is -2.28. The van der Waals surface area contributed by atoms with Crippen LogP contribution in [-0.2, 0) is 6.54 Å². The number of pyridine rings is 1. The Morgan fingerprint density at radius 1 is 1.26 bits per heavy atom. The summed E-state index contributed by atoms with van der Waals surface area (Å²) >= 11 is 0. The van der Waals surface area contributed by atoms with Gasteiger partial charge in [0, 0.05) is 25.8 Å². The van der Waals surface area contributed by atoms with Crippen molar-refractivity contribution < 1.29 is 0 Å². The second-order valence-corrected chi connectivity index (χ2v) is 5.24. The summed E-state index contributed by atoms with van der Waals surface area (Å²) in [5.74, 6) is 1.12. The van der Waals surface area contributed by atoms with Crippen LogP contribution >= 0.6 is 0 Å².